The van der Waals surface area contributed by atoms with Gasteiger partial charge in [0.15, 0.2) is 0 Å². The molecule has 2 fully saturated rings. The van der Waals surface area contributed by atoms with Crippen LogP contribution >= 0.6 is 11.6 Å². The number of aromatic nitrogens is 1. The van der Waals surface area contributed by atoms with Crippen LogP contribution in [0.15, 0.2) is 12.3 Å². The van der Waals surface area contributed by atoms with Crippen LogP contribution in [0.2, 0.25) is 5.02 Å². The van der Waals surface area contributed by atoms with Gasteiger partial charge in [0.2, 0.25) is 0 Å². The molecule has 0 radical (unpaired) electrons. The van der Waals surface area contributed by atoms with E-state index in [-0.39, 0.29) is 5.91 Å². The topological polar surface area (TPSA) is 56.9 Å². The lowest BCUT2D eigenvalue weighted by molar-refractivity contribution is 0.0923. The minimum absolute atomic E-state index is 0.0468. The average molecular weight is 254 g/mol. The fourth-order valence-electron chi connectivity index (χ4n) is 3.07. The van der Waals surface area contributed by atoms with E-state index in [2.05, 4.69) is 15.6 Å². The van der Waals surface area contributed by atoms with Crippen LogP contribution in [0.25, 0.3) is 0 Å². The number of halogens is 1. The molecule has 0 aromatic carbocycles. The van der Waals surface area contributed by atoms with Crippen LogP contribution in [-0.4, -0.2) is 30.0 Å². The van der Waals surface area contributed by atoms with Crippen LogP contribution in [0.3, 0.4) is 0 Å². The molecular formula is C12H16ClN3O. The fourth-order valence-corrected chi connectivity index (χ4v) is 3.24. The number of carbonyl (C=O) groups is 1. The Bertz CT molecular complexity index is 431. The first-order chi connectivity index (χ1) is 8.24. The Morgan fingerprint density at radius 2 is 2.29 bits per heavy atom. The van der Waals surface area contributed by atoms with E-state index in [4.69, 9.17) is 11.6 Å². The summed E-state index contributed by atoms with van der Waals surface area (Å²) in [6.07, 6.45) is 3.94. The molecule has 0 bridgehead atoms. The first-order valence-electron chi connectivity index (χ1n) is 6.09. The van der Waals surface area contributed by atoms with Crippen molar-refractivity contribution >= 4 is 17.5 Å². The molecule has 3 unspecified atom stereocenters. The largest absolute Gasteiger partial charge is 0.356 e. The summed E-state index contributed by atoms with van der Waals surface area (Å²) >= 11 is 5.79. The van der Waals surface area contributed by atoms with Crippen molar-refractivity contribution in [3.05, 3.63) is 23.0 Å². The summed E-state index contributed by atoms with van der Waals surface area (Å²) in [6, 6.07) is 1.97. The molecule has 0 spiro atoms. The van der Waals surface area contributed by atoms with Gasteiger partial charge < -0.3 is 15.6 Å². The van der Waals surface area contributed by atoms with Crippen LogP contribution in [0.4, 0.5) is 0 Å². The van der Waals surface area contributed by atoms with Gasteiger partial charge in [-0.3, -0.25) is 4.79 Å². The van der Waals surface area contributed by atoms with E-state index in [1.165, 1.54) is 6.42 Å². The minimum Gasteiger partial charge on any atom is -0.356 e. The molecule has 1 amide bonds. The predicted octanol–water partition coefficient (Wildman–Crippen LogP) is 1.40. The van der Waals surface area contributed by atoms with Crippen LogP contribution in [0, 0.1) is 11.8 Å². The molecule has 5 heteroatoms. The number of nitrogens with one attached hydrogen (secondary N) is 3. The van der Waals surface area contributed by atoms with Crippen molar-refractivity contribution < 1.29 is 4.79 Å². The molecule has 1 aliphatic carbocycles. The van der Waals surface area contributed by atoms with Crippen LogP contribution < -0.4 is 10.6 Å². The Kier molecular flexibility index (Phi) is 2.84. The van der Waals surface area contributed by atoms with E-state index in [9.17, 15) is 4.79 Å². The van der Waals surface area contributed by atoms with E-state index in [0.29, 0.717) is 22.7 Å². The summed E-state index contributed by atoms with van der Waals surface area (Å²) in [7, 11) is 0. The third-order valence-corrected chi connectivity index (χ3v) is 4.18. The molecule has 92 valence electrons. The second kappa shape index (κ2) is 4.35. The Hall–Kier alpha value is -1.00. The highest BCUT2D eigenvalue weighted by Gasteiger charge is 2.39. The third kappa shape index (κ3) is 2.07. The van der Waals surface area contributed by atoms with Gasteiger partial charge in [-0.15, -0.1) is 0 Å². The van der Waals surface area contributed by atoms with Crippen molar-refractivity contribution in [2.45, 2.75) is 18.9 Å². The van der Waals surface area contributed by atoms with E-state index in [0.717, 1.165) is 25.4 Å². The van der Waals surface area contributed by atoms with Crippen LogP contribution in [0.1, 0.15) is 23.3 Å². The highest BCUT2D eigenvalue weighted by molar-refractivity contribution is 6.30. The van der Waals surface area contributed by atoms with Gasteiger partial charge in [0.25, 0.3) is 5.91 Å². The highest BCUT2D eigenvalue weighted by atomic mass is 35.5. The van der Waals surface area contributed by atoms with Crippen molar-refractivity contribution in [3.63, 3.8) is 0 Å². The van der Waals surface area contributed by atoms with E-state index in [1.54, 1.807) is 12.3 Å². The number of hydrogen-bond acceptors (Lipinski definition) is 2. The quantitative estimate of drug-likeness (QED) is 0.746. The molecule has 3 N–H and O–H groups in total. The second-order valence-corrected chi connectivity index (χ2v) is 5.41. The lowest BCUT2D eigenvalue weighted by atomic mass is 9.98. The molecule has 2 heterocycles. The first-order valence-corrected chi connectivity index (χ1v) is 6.47. The monoisotopic (exact) mass is 253 g/mol. The second-order valence-electron chi connectivity index (χ2n) is 4.97. The average Bonchev–Trinajstić information content (AvgIpc) is 2.96. The zero-order valence-electron chi connectivity index (χ0n) is 9.50. The molecule has 1 aromatic rings. The molecule has 4 nitrogen and oxygen atoms in total. The van der Waals surface area contributed by atoms with Gasteiger partial charge in [0.05, 0.1) is 5.02 Å². The SMILES string of the molecule is O=C(NC1CCC2CNCC21)c1cc(Cl)c[nH]1. The zero-order valence-corrected chi connectivity index (χ0v) is 10.3. The number of hydrogen-bond donors (Lipinski definition) is 3. The predicted molar refractivity (Wildman–Crippen MR) is 66.1 cm³/mol. The number of carbonyl (C=O) groups excluding carboxylic acids is 1. The normalized spacial score (nSPS) is 31.5. The Morgan fingerprint density at radius 1 is 1.41 bits per heavy atom. The Labute approximate surface area is 105 Å². The number of H-pyrrole nitrogens is 1. The van der Waals surface area contributed by atoms with Gasteiger partial charge in [-0.25, -0.2) is 0 Å². The Morgan fingerprint density at radius 3 is 3.06 bits per heavy atom. The lowest BCUT2D eigenvalue weighted by Crippen LogP contribution is -2.39. The minimum atomic E-state index is -0.0468. The molecule has 17 heavy (non-hydrogen) atoms. The molecule has 3 atom stereocenters. The lowest BCUT2D eigenvalue weighted by Gasteiger charge is -2.18. The molecule has 1 saturated carbocycles. The van der Waals surface area contributed by atoms with E-state index in [1.807, 2.05) is 0 Å². The van der Waals surface area contributed by atoms with Crippen molar-refractivity contribution in [1.29, 1.82) is 0 Å². The van der Waals surface area contributed by atoms with Crippen molar-refractivity contribution in [1.82, 2.24) is 15.6 Å². The van der Waals surface area contributed by atoms with Crippen LogP contribution in [0.5, 0.6) is 0 Å². The van der Waals surface area contributed by atoms with Gasteiger partial charge in [0.1, 0.15) is 5.69 Å². The molecule has 2 aliphatic rings. The molecular weight excluding hydrogens is 238 g/mol. The summed E-state index contributed by atoms with van der Waals surface area (Å²) in [6.45, 7) is 2.13. The summed E-state index contributed by atoms with van der Waals surface area (Å²) in [5, 5.41) is 7.07. The smallest absolute Gasteiger partial charge is 0.267 e. The first kappa shape index (κ1) is 11.1. The van der Waals surface area contributed by atoms with Gasteiger partial charge >= 0.3 is 0 Å². The van der Waals surface area contributed by atoms with Crippen LogP contribution in [-0.2, 0) is 0 Å². The molecule has 1 aromatic heterocycles. The van der Waals surface area contributed by atoms with Gasteiger partial charge in [-0.05, 0) is 37.3 Å². The maximum absolute atomic E-state index is 12.0. The number of rotatable bonds is 2. The van der Waals surface area contributed by atoms with E-state index >= 15 is 0 Å². The maximum Gasteiger partial charge on any atom is 0.267 e. The standard InChI is InChI=1S/C12H16ClN3O/c13-8-3-11(15-5-8)12(17)16-10-2-1-7-4-14-6-9(7)10/h3,5,7,9-10,14-15H,1-2,4,6H2,(H,16,17). The summed E-state index contributed by atoms with van der Waals surface area (Å²) < 4.78 is 0. The number of fused-ring (bicyclic) bond motifs is 1. The van der Waals surface area contributed by atoms with Gasteiger partial charge in [0, 0.05) is 18.8 Å². The maximum atomic E-state index is 12.0. The zero-order chi connectivity index (χ0) is 11.8. The molecule has 3 rings (SSSR count). The molecule has 1 aliphatic heterocycles. The third-order valence-electron chi connectivity index (χ3n) is 3.97. The highest BCUT2D eigenvalue weighted by Crippen LogP contribution is 2.34. The summed E-state index contributed by atoms with van der Waals surface area (Å²) in [5.41, 5.74) is 0.546. The van der Waals surface area contributed by atoms with Crippen molar-refractivity contribution in [3.8, 4) is 0 Å². The van der Waals surface area contributed by atoms with Crippen molar-refractivity contribution in [2.75, 3.05) is 13.1 Å². The van der Waals surface area contributed by atoms with E-state index < -0.39 is 0 Å². The fraction of sp³-hybridized carbons (Fsp3) is 0.583. The van der Waals surface area contributed by atoms with Gasteiger partial charge in [-0.1, -0.05) is 11.6 Å². The number of amides is 1. The summed E-state index contributed by atoms with van der Waals surface area (Å²) in [5.74, 6) is 1.30. The van der Waals surface area contributed by atoms with Crippen molar-refractivity contribution in [2.24, 2.45) is 11.8 Å². The number of aromatic amines is 1. The summed E-state index contributed by atoms with van der Waals surface area (Å²) in [4.78, 5) is 14.9. The molecule has 1 saturated heterocycles. The van der Waals surface area contributed by atoms with Gasteiger partial charge in [-0.2, -0.15) is 0 Å². The Balaban J connectivity index is 1.65.